The molecule has 0 amide bonds. The summed E-state index contributed by atoms with van der Waals surface area (Å²) >= 11 is 1.52. The molecule has 1 heterocycles. The summed E-state index contributed by atoms with van der Waals surface area (Å²) in [5.74, 6) is 1.19. The molecule has 0 saturated heterocycles. The fraction of sp³-hybridized carbons (Fsp3) is 0.125. The van der Waals surface area contributed by atoms with Gasteiger partial charge in [0.15, 0.2) is 5.13 Å². The highest BCUT2D eigenvalue weighted by molar-refractivity contribution is 7.22. The molecule has 0 aliphatic carbocycles. The van der Waals surface area contributed by atoms with E-state index in [2.05, 4.69) is 15.3 Å². The van der Waals surface area contributed by atoms with Crippen molar-refractivity contribution < 1.29 is 4.74 Å². The Balaban J connectivity index is 2.05. The van der Waals surface area contributed by atoms with Crippen LogP contribution in [0.5, 0.6) is 5.75 Å². The summed E-state index contributed by atoms with van der Waals surface area (Å²) in [6.07, 6.45) is 0. The van der Waals surface area contributed by atoms with Crippen molar-refractivity contribution in [2.45, 2.75) is 6.92 Å². The van der Waals surface area contributed by atoms with Gasteiger partial charge in [-0.2, -0.15) is 0 Å². The van der Waals surface area contributed by atoms with Crippen LogP contribution in [0, 0.1) is 0 Å². The van der Waals surface area contributed by atoms with Crippen LogP contribution in [-0.2, 0) is 0 Å². The van der Waals surface area contributed by atoms with Gasteiger partial charge in [-0.1, -0.05) is 23.5 Å². The van der Waals surface area contributed by atoms with Crippen molar-refractivity contribution in [1.82, 2.24) is 4.98 Å². The molecule has 0 unspecified atom stereocenters. The Morgan fingerprint density at radius 1 is 1.26 bits per heavy atom. The maximum atomic E-state index is 6.00. The van der Waals surface area contributed by atoms with Crippen molar-refractivity contribution in [2.24, 2.45) is 10.7 Å². The Bertz CT molecular complexity index is 883. The first kappa shape index (κ1) is 15.1. The van der Waals surface area contributed by atoms with Crippen molar-refractivity contribution in [3.63, 3.8) is 0 Å². The number of aliphatic imine (C=N–C) groups is 1. The van der Waals surface area contributed by atoms with Crippen LogP contribution in [0.2, 0.25) is 0 Å². The summed E-state index contributed by atoms with van der Waals surface area (Å²) in [5.41, 5.74) is 14.4. The largest absolute Gasteiger partial charge is 0.495 e. The van der Waals surface area contributed by atoms with Gasteiger partial charge in [0.05, 0.1) is 29.0 Å². The lowest BCUT2D eigenvalue weighted by Gasteiger charge is -2.07. The van der Waals surface area contributed by atoms with Gasteiger partial charge in [0.2, 0.25) is 0 Å². The third-order valence-electron chi connectivity index (χ3n) is 3.20. The minimum absolute atomic E-state index is 0.441. The smallest absolute Gasteiger partial charge is 0.188 e. The van der Waals surface area contributed by atoms with Crippen LogP contribution in [0.3, 0.4) is 0 Å². The molecule has 0 saturated carbocycles. The minimum atomic E-state index is 0.441. The fourth-order valence-electron chi connectivity index (χ4n) is 2.21. The zero-order valence-electron chi connectivity index (χ0n) is 12.8. The first-order valence-corrected chi connectivity index (χ1v) is 7.80. The van der Waals surface area contributed by atoms with Gasteiger partial charge in [-0.05, 0) is 31.2 Å². The Hall–Kier alpha value is -2.80. The number of fused-ring (bicyclic) bond motifs is 1. The summed E-state index contributed by atoms with van der Waals surface area (Å²) in [7, 11) is 1.64. The highest BCUT2D eigenvalue weighted by atomic mass is 32.1. The van der Waals surface area contributed by atoms with Crippen molar-refractivity contribution in [3.8, 4) is 5.75 Å². The van der Waals surface area contributed by atoms with E-state index in [9.17, 15) is 0 Å². The Labute approximate surface area is 137 Å². The van der Waals surface area contributed by atoms with Gasteiger partial charge in [-0.3, -0.25) is 0 Å². The maximum absolute atomic E-state index is 6.00. The van der Waals surface area contributed by atoms with Crippen molar-refractivity contribution in [1.29, 1.82) is 0 Å². The van der Waals surface area contributed by atoms with Crippen molar-refractivity contribution in [2.75, 3.05) is 18.2 Å². The average Bonchev–Trinajstić information content (AvgIpc) is 2.93. The number of methoxy groups -OCH3 is 1. The van der Waals surface area contributed by atoms with E-state index in [0.717, 1.165) is 26.8 Å². The normalized spacial score (nSPS) is 11.7. The predicted octanol–water partition coefficient (Wildman–Crippen LogP) is 3.64. The SMILES string of the molecule is COc1ccccc1Nc1nc2c(N=C(C)N)c(N)ccc2s1. The lowest BCUT2D eigenvalue weighted by Crippen LogP contribution is -2.04. The molecule has 0 atom stereocenters. The third kappa shape index (κ3) is 3.04. The quantitative estimate of drug-likeness (QED) is 0.386. The number of nitrogens with one attached hydrogen (secondary N) is 1. The van der Waals surface area contributed by atoms with Crippen LogP contribution >= 0.6 is 11.3 Å². The molecular weight excluding hydrogens is 310 g/mol. The van der Waals surface area contributed by atoms with Crippen LogP contribution in [0.4, 0.5) is 22.2 Å². The lowest BCUT2D eigenvalue weighted by atomic mass is 10.2. The molecule has 5 N–H and O–H groups in total. The average molecular weight is 327 g/mol. The first-order valence-electron chi connectivity index (χ1n) is 6.98. The summed E-state index contributed by atoms with van der Waals surface area (Å²) in [6, 6.07) is 11.4. The molecule has 2 aromatic carbocycles. The van der Waals surface area contributed by atoms with E-state index in [1.54, 1.807) is 14.0 Å². The van der Waals surface area contributed by atoms with Crippen molar-refractivity contribution in [3.05, 3.63) is 36.4 Å². The molecule has 3 rings (SSSR count). The molecule has 0 bridgehead atoms. The molecule has 3 aromatic rings. The number of aromatic nitrogens is 1. The monoisotopic (exact) mass is 327 g/mol. The number of anilines is 3. The van der Waals surface area contributed by atoms with Crippen LogP contribution in [0.25, 0.3) is 10.2 Å². The number of amidine groups is 1. The summed E-state index contributed by atoms with van der Waals surface area (Å²) in [6.45, 7) is 1.72. The highest BCUT2D eigenvalue weighted by Gasteiger charge is 2.12. The summed E-state index contributed by atoms with van der Waals surface area (Å²) in [5, 5.41) is 4.01. The van der Waals surface area contributed by atoms with Gasteiger partial charge < -0.3 is 21.5 Å². The van der Waals surface area contributed by atoms with Crippen LogP contribution in [-0.4, -0.2) is 17.9 Å². The first-order chi connectivity index (χ1) is 11.1. The van der Waals surface area contributed by atoms with Gasteiger partial charge in [0, 0.05) is 0 Å². The number of nitrogens with two attached hydrogens (primary N) is 2. The number of benzene rings is 2. The molecule has 7 heteroatoms. The second kappa shape index (κ2) is 6.13. The number of para-hydroxylation sites is 2. The van der Waals surface area contributed by atoms with Gasteiger partial charge in [-0.25, -0.2) is 9.98 Å². The lowest BCUT2D eigenvalue weighted by molar-refractivity contribution is 0.417. The van der Waals surface area contributed by atoms with E-state index < -0.39 is 0 Å². The molecule has 0 radical (unpaired) electrons. The zero-order chi connectivity index (χ0) is 16.4. The van der Waals surface area contributed by atoms with Gasteiger partial charge >= 0.3 is 0 Å². The molecule has 1 aromatic heterocycles. The third-order valence-corrected chi connectivity index (χ3v) is 4.14. The molecule has 118 valence electrons. The Kier molecular flexibility index (Phi) is 4.03. The highest BCUT2D eigenvalue weighted by Crippen LogP contribution is 2.38. The number of rotatable bonds is 4. The molecule has 0 fully saturated rings. The van der Waals surface area contributed by atoms with Crippen molar-refractivity contribution >= 4 is 49.6 Å². The number of thiazole rings is 1. The summed E-state index contributed by atoms with van der Waals surface area (Å²) < 4.78 is 6.33. The summed E-state index contributed by atoms with van der Waals surface area (Å²) in [4.78, 5) is 8.91. The van der Waals surface area contributed by atoms with E-state index >= 15 is 0 Å². The minimum Gasteiger partial charge on any atom is -0.495 e. The zero-order valence-corrected chi connectivity index (χ0v) is 13.6. The van der Waals surface area contributed by atoms with E-state index in [4.69, 9.17) is 16.2 Å². The standard InChI is InChI=1S/C16H17N5OS/c1-9(17)19-14-10(18)7-8-13-15(14)21-16(23-13)20-11-5-3-4-6-12(11)22-2/h3-8H,18H2,1-2H3,(H2,17,19)(H,20,21). The van der Waals surface area contributed by atoms with Crippen LogP contribution < -0.4 is 21.5 Å². The van der Waals surface area contributed by atoms with Crippen LogP contribution in [0.15, 0.2) is 41.4 Å². The Morgan fingerprint density at radius 3 is 2.78 bits per heavy atom. The second-order valence-corrected chi connectivity index (χ2v) is 5.98. The van der Waals surface area contributed by atoms with E-state index in [1.165, 1.54) is 11.3 Å². The Morgan fingerprint density at radius 2 is 2.04 bits per heavy atom. The fourth-order valence-corrected chi connectivity index (χ4v) is 3.09. The second-order valence-electron chi connectivity index (χ2n) is 4.95. The van der Waals surface area contributed by atoms with Gasteiger partial charge in [0.25, 0.3) is 0 Å². The molecule has 0 spiro atoms. The van der Waals surface area contributed by atoms with E-state index in [1.807, 2.05) is 36.4 Å². The topological polar surface area (TPSA) is 98.5 Å². The number of hydrogen-bond acceptors (Lipinski definition) is 6. The number of nitrogen functional groups attached to an aromatic ring is 1. The van der Waals surface area contributed by atoms with E-state index in [0.29, 0.717) is 17.2 Å². The van der Waals surface area contributed by atoms with Crippen LogP contribution in [0.1, 0.15) is 6.92 Å². The van der Waals surface area contributed by atoms with E-state index in [-0.39, 0.29) is 0 Å². The molecule has 6 nitrogen and oxygen atoms in total. The molecular formula is C16H17N5OS. The maximum Gasteiger partial charge on any atom is 0.188 e. The van der Waals surface area contributed by atoms with Gasteiger partial charge in [-0.15, -0.1) is 0 Å². The number of nitrogens with zero attached hydrogens (tertiary/aromatic N) is 2. The number of ether oxygens (including phenoxy) is 1. The number of hydrogen-bond donors (Lipinski definition) is 3. The van der Waals surface area contributed by atoms with Gasteiger partial charge in [0.1, 0.15) is 17.0 Å². The molecule has 0 aliphatic rings. The molecule has 23 heavy (non-hydrogen) atoms. The molecule has 0 aliphatic heterocycles. The predicted molar refractivity (Wildman–Crippen MR) is 97.3 cm³/mol.